The quantitative estimate of drug-likeness (QED) is 0.839. The fourth-order valence-electron chi connectivity index (χ4n) is 1.07. The van der Waals surface area contributed by atoms with Crippen LogP contribution in [0.3, 0.4) is 0 Å². The van der Waals surface area contributed by atoms with Crippen LogP contribution in [0.25, 0.3) is 0 Å². The van der Waals surface area contributed by atoms with Crippen molar-refractivity contribution < 1.29 is 9.84 Å². The lowest BCUT2D eigenvalue weighted by Gasteiger charge is -2.11. The maximum Gasteiger partial charge on any atom is 0.139 e. The number of aliphatic hydroxyl groups excluding tert-OH is 1. The highest BCUT2D eigenvalue weighted by molar-refractivity contribution is 9.10. The molecule has 14 heavy (non-hydrogen) atoms. The first-order valence-corrected chi connectivity index (χ1v) is 6.48. The lowest BCUT2D eigenvalue weighted by Crippen LogP contribution is -2.03. The van der Waals surface area contributed by atoms with Gasteiger partial charge in [-0.3, -0.25) is 0 Å². The molecule has 1 aromatic carbocycles. The number of halogens is 1. The van der Waals surface area contributed by atoms with Gasteiger partial charge in [0.05, 0.1) is 17.7 Å². The van der Waals surface area contributed by atoms with Crippen LogP contribution in [0, 0.1) is 0 Å². The van der Waals surface area contributed by atoms with Gasteiger partial charge in [0.1, 0.15) is 5.75 Å². The van der Waals surface area contributed by atoms with E-state index in [4.69, 9.17) is 9.84 Å². The van der Waals surface area contributed by atoms with Crippen LogP contribution in [0.5, 0.6) is 5.75 Å². The van der Waals surface area contributed by atoms with E-state index in [0.717, 1.165) is 21.5 Å². The van der Waals surface area contributed by atoms with Crippen LogP contribution in [-0.4, -0.2) is 23.7 Å². The van der Waals surface area contributed by atoms with Crippen LogP contribution in [0.2, 0.25) is 0 Å². The first kappa shape index (κ1) is 11.9. The van der Waals surface area contributed by atoms with E-state index in [-0.39, 0.29) is 6.61 Å². The summed E-state index contributed by atoms with van der Waals surface area (Å²) in [6, 6.07) is 5.66. The molecule has 0 bridgehead atoms. The third-order valence-corrected chi connectivity index (χ3v) is 2.95. The van der Waals surface area contributed by atoms with Gasteiger partial charge in [0, 0.05) is 11.3 Å². The maximum absolute atomic E-state index is 9.09. The van der Waals surface area contributed by atoms with E-state index in [1.165, 1.54) is 0 Å². The van der Waals surface area contributed by atoms with E-state index in [1.54, 1.807) is 11.8 Å². The Bertz CT molecular complexity index is 291. The lowest BCUT2D eigenvalue weighted by atomic mass is 10.2. The van der Waals surface area contributed by atoms with E-state index < -0.39 is 0 Å². The summed E-state index contributed by atoms with van der Waals surface area (Å²) in [5, 5.41) is 9.09. The molecule has 0 aliphatic heterocycles. The molecule has 0 saturated carbocycles. The highest BCUT2D eigenvalue weighted by Gasteiger charge is 2.06. The van der Waals surface area contributed by atoms with Gasteiger partial charge in [-0.15, -0.1) is 0 Å². The van der Waals surface area contributed by atoms with Gasteiger partial charge in [-0.25, -0.2) is 0 Å². The van der Waals surface area contributed by atoms with E-state index >= 15 is 0 Å². The number of thioether (sulfide) groups is 1. The van der Waals surface area contributed by atoms with E-state index in [0.29, 0.717) is 6.61 Å². The Morgan fingerprint density at radius 1 is 1.50 bits per heavy atom. The minimum atomic E-state index is 0.00798. The molecule has 0 aromatic heterocycles. The SMILES string of the molecule is CSCCOc1c(Br)cccc1CO. The van der Waals surface area contributed by atoms with Gasteiger partial charge in [0.25, 0.3) is 0 Å². The number of benzene rings is 1. The average molecular weight is 277 g/mol. The Balaban J connectivity index is 2.72. The third-order valence-electron chi connectivity index (χ3n) is 1.75. The summed E-state index contributed by atoms with van der Waals surface area (Å²) in [6.07, 6.45) is 2.04. The predicted molar refractivity (Wildman–Crippen MR) is 63.9 cm³/mol. The molecule has 1 aromatic rings. The molecule has 1 N–H and O–H groups in total. The van der Waals surface area contributed by atoms with Crippen LogP contribution in [0.4, 0.5) is 0 Å². The van der Waals surface area contributed by atoms with Gasteiger partial charge in [0.2, 0.25) is 0 Å². The molecule has 0 radical (unpaired) electrons. The fraction of sp³-hybridized carbons (Fsp3) is 0.400. The monoisotopic (exact) mass is 276 g/mol. The van der Waals surface area contributed by atoms with Crippen LogP contribution in [0.15, 0.2) is 22.7 Å². The largest absolute Gasteiger partial charge is 0.491 e. The van der Waals surface area contributed by atoms with Crippen molar-refractivity contribution in [1.82, 2.24) is 0 Å². The van der Waals surface area contributed by atoms with Gasteiger partial charge in [0.15, 0.2) is 0 Å². The summed E-state index contributed by atoms with van der Waals surface area (Å²) in [7, 11) is 0. The first-order valence-electron chi connectivity index (χ1n) is 4.29. The predicted octanol–water partition coefficient (Wildman–Crippen LogP) is 2.68. The number of aliphatic hydroxyl groups is 1. The Labute approximate surface area is 96.8 Å². The number of para-hydroxylation sites is 1. The Morgan fingerprint density at radius 2 is 2.29 bits per heavy atom. The number of hydrogen-bond donors (Lipinski definition) is 1. The zero-order valence-electron chi connectivity index (χ0n) is 8.00. The average Bonchev–Trinajstić information content (AvgIpc) is 2.20. The van der Waals surface area contributed by atoms with Crippen LogP contribution in [-0.2, 0) is 6.61 Å². The van der Waals surface area contributed by atoms with Crippen molar-refractivity contribution in [3.05, 3.63) is 28.2 Å². The van der Waals surface area contributed by atoms with Crippen molar-refractivity contribution in [3.8, 4) is 5.75 Å². The van der Waals surface area contributed by atoms with Crippen LogP contribution < -0.4 is 4.74 Å². The fourth-order valence-corrected chi connectivity index (χ4v) is 1.84. The van der Waals surface area contributed by atoms with E-state index in [1.807, 2.05) is 24.5 Å². The molecule has 0 unspecified atom stereocenters. The van der Waals surface area contributed by atoms with Gasteiger partial charge in [-0.1, -0.05) is 12.1 Å². The van der Waals surface area contributed by atoms with Gasteiger partial charge < -0.3 is 9.84 Å². The van der Waals surface area contributed by atoms with Crippen molar-refractivity contribution in [2.45, 2.75) is 6.61 Å². The molecule has 2 nitrogen and oxygen atoms in total. The van der Waals surface area contributed by atoms with Gasteiger partial charge >= 0.3 is 0 Å². The molecule has 1 rings (SSSR count). The molecule has 0 aliphatic carbocycles. The molecular weight excluding hydrogens is 264 g/mol. The Kier molecular flexibility index (Phi) is 5.37. The molecule has 0 fully saturated rings. The molecule has 0 heterocycles. The highest BCUT2D eigenvalue weighted by atomic mass is 79.9. The standard InChI is InChI=1S/C10H13BrO2S/c1-14-6-5-13-10-8(7-12)3-2-4-9(10)11/h2-4,12H,5-7H2,1H3. The maximum atomic E-state index is 9.09. The van der Waals surface area contributed by atoms with Gasteiger partial charge in [-0.2, -0.15) is 11.8 Å². The normalized spacial score (nSPS) is 10.2. The first-order chi connectivity index (χ1) is 6.79. The highest BCUT2D eigenvalue weighted by Crippen LogP contribution is 2.29. The summed E-state index contributed by atoms with van der Waals surface area (Å²) in [5.74, 6) is 1.70. The van der Waals surface area contributed by atoms with Crippen molar-refractivity contribution in [2.24, 2.45) is 0 Å². The number of rotatable bonds is 5. The number of hydrogen-bond acceptors (Lipinski definition) is 3. The van der Waals surface area contributed by atoms with E-state index in [9.17, 15) is 0 Å². The summed E-state index contributed by atoms with van der Waals surface area (Å²) in [5.41, 5.74) is 0.820. The zero-order valence-corrected chi connectivity index (χ0v) is 10.4. The van der Waals surface area contributed by atoms with Crippen molar-refractivity contribution in [3.63, 3.8) is 0 Å². The molecule has 0 amide bonds. The molecule has 0 saturated heterocycles. The molecule has 0 aliphatic rings. The third kappa shape index (κ3) is 3.19. The smallest absolute Gasteiger partial charge is 0.139 e. The second-order valence-electron chi connectivity index (χ2n) is 2.73. The molecule has 4 heteroatoms. The molecule has 0 spiro atoms. The second kappa shape index (κ2) is 6.32. The zero-order chi connectivity index (χ0) is 10.4. The minimum Gasteiger partial charge on any atom is -0.491 e. The Hall–Kier alpha value is -0.190. The van der Waals surface area contributed by atoms with Crippen molar-refractivity contribution >= 4 is 27.7 Å². The van der Waals surface area contributed by atoms with Crippen molar-refractivity contribution in [2.75, 3.05) is 18.6 Å². The van der Waals surface area contributed by atoms with Crippen LogP contribution >= 0.6 is 27.7 Å². The summed E-state index contributed by atoms with van der Waals surface area (Å²) < 4.78 is 6.47. The van der Waals surface area contributed by atoms with E-state index in [2.05, 4.69) is 15.9 Å². The minimum absolute atomic E-state index is 0.00798. The summed E-state index contributed by atoms with van der Waals surface area (Å²) in [6.45, 7) is 0.671. The number of ether oxygens (including phenoxy) is 1. The summed E-state index contributed by atoms with van der Waals surface area (Å²) in [4.78, 5) is 0. The van der Waals surface area contributed by atoms with Crippen molar-refractivity contribution in [1.29, 1.82) is 0 Å². The van der Waals surface area contributed by atoms with Crippen LogP contribution in [0.1, 0.15) is 5.56 Å². The van der Waals surface area contributed by atoms with Gasteiger partial charge in [-0.05, 0) is 28.3 Å². The lowest BCUT2D eigenvalue weighted by molar-refractivity contribution is 0.267. The topological polar surface area (TPSA) is 29.5 Å². The second-order valence-corrected chi connectivity index (χ2v) is 4.57. The Morgan fingerprint density at radius 3 is 2.93 bits per heavy atom. The molecular formula is C10H13BrO2S. The molecule has 0 atom stereocenters. The summed E-state index contributed by atoms with van der Waals surface area (Å²) >= 11 is 5.13. The molecule has 78 valence electrons.